The fraction of sp³-hybridized carbons (Fsp3) is 0.462. The van der Waals surface area contributed by atoms with Crippen molar-refractivity contribution in [2.24, 2.45) is 5.92 Å². The molecule has 0 aromatic carbocycles. The van der Waals surface area contributed by atoms with E-state index in [0.29, 0.717) is 18.7 Å². The van der Waals surface area contributed by atoms with Crippen molar-refractivity contribution in [3.8, 4) is 0 Å². The molecule has 1 aromatic heterocycles. The van der Waals surface area contributed by atoms with Gasteiger partial charge in [0.2, 0.25) is 0 Å². The molecule has 2 rings (SSSR count). The van der Waals surface area contributed by atoms with E-state index in [1.807, 2.05) is 18.0 Å². The molecule has 1 atom stereocenters. The second-order valence-corrected chi connectivity index (χ2v) is 4.25. The first-order valence-corrected chi connectivity index (χ1v) is 6.02. The van der Waals surface area contributed by atoms with Crippen LogP contribution in [0, 0.1) is 5.92 Å². The molecule has 0 amide bonds. The summed E-state index contributed by atoms with van der Waals surface area (Å²) in [4.78, 5) is 30.1. The molecule has 0 bridgehead atoms. The second-order valence-electron chi connectivity index (χ2n) is 4.25. The molecule has 5 heteroatoms. The number of rotatable bonds is 2. The summed E-state index contributed by atoms with van der Waals surface area (Å²) < 4.78 is 4.95. The Labute approximate surface area is 106 Å². The normalized spacial score (nSPS) is 19.1. The Balaban J connectivity index is 2.35. The van der Waals surface area contributed by atoms with E-state index in [4.69, 9.17) is 4.74 Å². The number of carbonyl (C=O) groups is 2. The zero-order valence-electron chi connectivity index (χ0n) is 10.5. The smallest absolute Gasteiger partial charge is 0.316 e. The first-order chi connectivity index (χ1) is 8.65. The van der Waals surface area contributed by atoms with Crippen LogP contribution in [-0.4, -0.2) is 36.9 Å². The zero-order chi connectivity index (χ0) is 13.1. The molecule has 0 radical (unpaired) electrons. The maximum absolute atomic E-state index is 12.3. The highest BCUT2D eigenvalue weighted by Crippen LogP contribution is 2.26. The summed E-state index contributed by atoms with van der Waals surface area (Å²) in [6, 6.07) is 3.63. The molecule has 0 saturated carbocycles. The molecule has 1 unspecified atom stereocenters. The summed E-state index contributed by atoms with van der Waals surface area (Å²) in [7, 11) is 1.89. The third kappa shape index (κ3) is 2.20. The molecule has 1 aliphatic heterocycles. The number of fused-ring (bicyclic) bond motifs is 1. The van der Waals surface area contributed by atoms with Crippen LogP contribution in [-0.2, 0) is 9.53 Å². The molecule has 1 aromatic rings. The fourth-order valence-electron chi connectivity index (χ4n) is 2.10. The van der Waals surface area contributed by atoms with Crippen LogP contribution < -0.4 is 4.90 Å². The standard InChI is InChI=1S/C13H16N2O3/c1-3-18-13(17)9-6-8-15(2)10-5-4-7-14-11(10)12(9)16/h4-5,7,9H,3,6,8H2,1-2H3. The van der Waals surface area contributed by atoms with E-state index >= 15 is 0 Å². The van der Waals surface area contributed by atoms with E-state index in [2.05, 4.69) is 4.98 Å². The number of pyridine rings is 1. The molecule has 96 valence electrons. The van der Waals surface area contributed by atoms with E-state index in [1.54, 1.807) is 19.2 Å². The van der Waals surface area contributed by atoms with Gasteiger partial charge < -0.3 is 9.64 Å². The molecule has 0 saturated heterocycles. The predicted octanol–water partition coefficient (Wildman–Crippen LogP) is 1.28. The van der Waals surface area contributed by atoms with Gasteiger partial charge >= 0.3 is 5.97 Å². The van der Waals surface area contributed by atoms with Crippen molar-refractivity contribution >= 4 is 17.4 Å². The van der Waals surface area contributed by atoms with Crippen molar-refractivity contribution in [3.63, 3.8) is 0 Å². The van der Waals surface area contributed by atoms with Crippen molar-refractivity contribution < 1.29 is 14.3 Å². The van der Waals surface area contributed by atoms with E-state index in [1.165, 1.54) is 0 Å². The summed E-state index contributed by atoms with van der Waals surface area (Å²) in [5.74, 6) is -1.42. The Morgan fingerprint density at radius 3 is 3.11 bits per heavy atom. The first-order valence-electron chi connectivity index (χ1n) is 6.02. The SMILES string of the molecule is CCOC(=O)C1CCN(C)c2cccnc2C1=O. The lowest BCUT2D eigenvalue weighted by Gasteiger charge is -2.17. The number of esters is 1. The van der Waals surface area contributed by atoms with Crippen LogP contribution in [0.2, 0.25) is 0 Å². The number of ketones is 1. The summed E-state index contributed by atoms with van der Waals surface area (Å²) in [5.41, 5.74) is 1.13. The highest BCUT2D eigenvalue weighted by molar-refractivity contribution is 6.10. The maximum Gasteiger partial charge on any atom is 0.316 e. The van der Waals surface area contributed by atoms with Gasteiger partial charge in [-0.05, 0) is 25.5 Å². The van der Waals surface area contributed by atoms with Crippen molar-refractivity contribution in [2.75, 3.05) is 25.1 Å². The van der Waals surface area contributed by atoms with Gasteiger partial charge in [0.1, 0.15) is 11.6 Å². The van der Waals surface area contributed by atoms with Crippen molar-refractivity contribution in [1.29, 1.82) is 0 Å². The number of anilines is 1. The molecule has 0 spiro atoms. The summed E-state index contributed by atoms with van der Waals surface area (Å²) >= 11 is 0. The number of ether oxygens (including phenoxy) is 1. The van der Waals surface area contributed by atoms with E-state index < -0.39 is 11.9 Å². The van der Waals surface area contributed by atoms with Gasteiger partial charge in [0, 0.05) is 19.8 Å². The highest BCUT2D eigenvalue weighted by Gasteiger charge is 2.34. The number of aromatic nitrogens is 1. The second kappa shape index (κ2) is 5.16. The molecule has 18 heavy (non-hydrogen) atoms. The van der Waals surface area contributed by atoms with Crippen molar-refractivity contribution in [3.05, 3.63) is 24.0 Å². The lowest BCUT2D eigenvalue weighted by molar-refractivity contribution is -0.146. The molecule has 0 aliphatic carbocycles. The van der Waals surface area contributed by atoms with Gasteiger partial charge in [-0.1, -0.05) is 0 Å². The van der Waals surface area contributed by atoms with Gasteiger partial charge in [0.25, 0.3) is 0 Å². The third-order valence-electron chi connectivity index (χ3n) is 3.07. The Kier molecular flexibility index (Phi) is 3.60. The predicted molar refractivity (Wildman–Crippen MR) is 66.6 cm³/mol. The van der Waals surface area contributed by atoms with Gasteiger partial charge in [0.15, 0.2) is 5.78 Å². The van der Waals surface area contributed by atoms with Gasteiger partial charge in [-0.2, -0.15) is 0 Å². The number of nitrogens with zero attached hydrogens (tertiary/aromatic N) is 2. The zero-order valence-corrected chi connectivity index (χ0v) is 10.5. The molecular weight excluding hydrogens is 232 g/mol. The monoisotopic (exact) mass is 248 g/mol. The van der Waals surface area contributed by atoms with E-state index in [9.17, 15) is 9.59 Å². The van der Waals surface area contributed by atoms with E-state index in [-0.39, 0.29) is 12.4 Å². The van der Waals surface area contributed by atoms with Gasteiger partial charge in [-0.25, -0.2) is 0 Å². The Hall–Kier alpha value is -1.91. The molecule has 1 aliphatic rings. The lowest BCUT2D eigenvalue weighted by atomic mass is 9.98. The van der Waals surface area contributed by atoms with Gasteiger partial charge in [-0.15, -0.1) is 0 Å². The first kappa shape index (κ1) is 12.5. The van der Waals surface area contributed by atoms with Crippen LogP contribution >= 0.6 is 0 Å². The average Bonchev–Trinajstić information content (AvgIpc) is 2.50. The van der Waals surface area contributed by atoms with Crippen LogP contribution in [0.1, 0.15) is 23.8 Å². The molecule has 5 nitrogen and oxygen atoms in total. The minimum atomic E-state index is -0.733. The summed E-state index contributed by atoms with van der Waals surface area (Å²) in [6.45, 7) is 2.65. The molecule has 0 N–H and O–H groups in total. The number of hydrogen-bond acceptors (Lipinski definition) is 5. The molecule has 0 fully saturated rings. The Morgan fingerprint density at radius 1 is 1.61 bits per heavy atom. The minimum absolute atomic E-state index is 0.242. The number of hydrogen-bond donors (Lipinski definition) is 0. The summed E-state index contributed by atoms with van der Waals surface area (Å²) in [5, 5.41) is 0. The van der Waals surface area contributed by atoms with E-state index in [0.717, 1.165) is 5.69 Å². The van der Waals surface area contributed by atoms with Crippen LogP contribution in [0.15, 0.2) is 18.3 Å². The van der Waals surface area contributed by atoms with Crippen LogP contribution in [0.4, 0.5) is 5.69 Å². The van der Waals surface area contributed by atoms with Gasteiger partial charge in [-0.3, -0.25) is 14.6 Å². The van der Waals surface area contributed by atoms with Crippen molar-refractivity contribution in [1.82, 2.24) is 4.98 Å². The number of Topliss-reactive ketones (excluding diaryl/α,β-unsaturated/α-hetero) is 1. The fourth-order valence-corrected chi connectivity index (χ4v) is 2.10. The molecular formula is C13H16N2O3. The Morgan fingerprint density at radius 2 is 2.39 bits per heavy atom. The quantitative estimate of drug-likeness (QED) is 0.583. The lowest BCUT2D eigenvalue weighted by Crippen LogP contribution is -2.27. The topological polar surface area (TPSA) is 59.5 Å². The average molecular weight is 248 g/mol. The van der Waals surface area contributed by atoms with Crippen LogP contribution in [0.5, 0.6) is 0 Å². The van der Waals surface area contributed by atoms with Crippen LogP contribution in [0.25, 0.3) is 0 Å². The Bertz CT molecular complexity index is 473. The minimum Gasteiger partial charge on any atom is -0.465 e. The van der Waals surface area contributed by atoms with Crippen molar-refractivity contribution in [2.45, 2.75) is 13.3 Å². The maximum atomic E-state index is 12.3. The third-order valence-corrected chi connectivity index (χ3v) is 3.07. The highest BCUT2D eigenvalue weighted by atomic mass is 16.5. The molecule has 2 heterocycles. The largest absolute Gasteiger partial charge is 0.465 e. The van der Waals surface area contributed by atoms with Gasteiger partial charge in [0.05, 0.1) is 12.3 Å². The van der Waals surface area contributed by atoms with Crippen LogP contribution in [0.3, 0.4) is 0 Å². The number of carbonyl (C=O) groups excluding carboxylic acids is 2. The summed E-state index contributed by atoms with van der Waals surface area (Å²) in [6.07, 6.45) is 2.03.